The molecule has 0 saturated carbocycles. The number of aromatic nitrogens is 2. The van der Waals surface area contributed by atoms with Gasteiger partial charge in [-0.25, -0.2) is 4.98 Å². The lowest BCUT2D eigenvalue weighted by atomic mass is 9.97. The van der Waals surface area contributed by atoms with E-state index in [0.717, 1.165) is 23.4 Å². The van der Waals surface area contributed by atoms with Gasteiger partial charge in [-0.2, -0.15) is 0 Å². The minimum Gasteiger partial charge on any atom is -0.366 e. The minimum absolute atomic E-state index is 0.443. The maximum Gasteiger partial charge on any atom is 0.250 e. The number of H-pyrrole nitrogens is 1. The highest BCUT2D eigenvalue weighted by Crippen LogP contribution is 2.27. The molecule has 1 fully saturated rings. The summed E-state index contributed by atoms with van der Waals surface area (Å²) in [5.41, 5.74) is 9.63. The molecule has 5 heteroatoms. The van der Waals surface area contributed by atoms with E-state index in [0.29, 0.717) is 17.1 Å². The normalized spacial score (nSPS) is 17.9. The summed E-state index contributed by atoms with van der Waals surface area (Å²) in [6.07, 6.45) is 3.72. The molecule has 1 amide bonds. The van der Waals surface area contributed by atoms with Gasteiger partial charge in [0.15, 0.2) is 0 Å². The fourth-order valence-electron chi connectivity index (χ4n) is 3.38. The van der Waals surface area contributed by atoms with E-state index in [4.69, 9.17) is 5.73 Å². The van der Waals surface area contributed by atoms with Crippen LogP contribution in [0.2, 0.25) is 0 Å². The molecule has 0 spiro atoms. The molecule has 0 radical (unpaired) electrons. The first-order valence-electron chi connectivity index (χ1n) is 8.34. The summed E-state index contributed by atoms with van der Waals surface area (Å²) in [5.74, 6) is 0.291. The number of para-hydroxylation sites is 1. The molecular formula is C19H20N4O. The Morgan fingerprint density at radius 2 is 1.96 bits per heavy atom. The predicted octanol–water partition coefficient (Wildman–Crippen LogP) is 3.14. The highest BCUT2D eigenvalue weighted by molar-refractivity contribution is 6.04. The Hall–Kier alpha value is -2.66. The number of nitrogens with zero attached hydrogens (tertiary/aromatic N) is 1. The number of nitrogens with one attached hydrogen (secondary N) is 2. The number of piperidine rings is 1. The second kappa shape index (κ2) is 6.09. The van der Waals surface area contributed by atoms with Gasteiger partial charge in [0.2, 0.25) is 0 Å². The second-order valence-electron chi connectivity index (χ2n) is 6.28. The number of aromatic amines is 1. The van der Waals surface area contributed by atoms with E-state index in [1.165, 1.54) is 24.8 Å². The summed E-state index contributed by atoms with van der Waals surface area (Å²) in [6.45, 7) is 1.09. The first-order chi connectivity index (χ1) is 11.7. The molecule has 0 bridgehead atoms. The average Bonchev–Trinajstić information content (AvgIpc) is 3.06. The number of hydrogen-bond acceptors (Lipinski definition) is 3. The van der Waals surface area contributed by atoms with Gasteiger partial charge < -0.3 is 16.0 Å². The van der Waals surface area contributed by atoms with Gasteiger partial charge in [0.1, 0.15) is 11.3 Å². The minimum atomic E-state index is -0.461. The lowest BCUT2D eigenvalue weighted by Gasteiger charge is -2.23. The summed E-state index contributed by atoms with van der Waals surface area (Å²) in [4.78, 5) is 19.4. The molecule has 0 aliphatic carbocycles. The summed E-state index contributed by atoms with van der Waals surface area (Å²) < 4.78 is 0. The lowest BCUT2D eigenvalue weighted by Crippen LogP contribution is -2.26. The van der Waals surface area contributed by atoms with Gasteiger partial charge in [-0.1, -0.05) is 36.8 Å². The van der Waals surface area contributed by atoms with E-state index < -0.39 is 5.91 Å². The number of benzene rings is 2. The topological polar surface area (TPSA) is 83.8 Å². The Bertz CT molecular complexity index is 876. The van der Waals surface area contributed by atoms with Crippen molar-refractivity contribution in [2.75, 3.05) is 6.54 Å². The summed E-state index contributed by atoms with van der Waals surface area (Å²) >= 11 is 0. The van der Waals surface area contributed by atoms with Crippen LogP contribution >= 0.6 is 0 Å². The van der Waals surface area contributed by atoms with E-state index in [2.05, 4.69) is 39.6 Å². The molecular weight excluding hydrogens is 300 g/mol. The van der Waals surface area contributed by atoms with Crippen LogP contribution in [-0.2, 0) is 0 Å². The smallest absolute Gasteiger partial charge is 0.250 e. The fraction of sp³-hybridized carbons (Fsp3) is 0.263. The lowest BCUT2D eigenvalue weighted by molar-refractivity contribution is 0.100. The SMILES string of the molecule is NC(=O)c1cccc2[nH]c(-c3ccc(C4CCCCN4)cc3)nc12. The zero-order valence-corrected chi connectivity index (χ0v) is 13.4. The van der Waals surface area contributed by atoms with Crippen molar-refractivity contribution in [2.45, 2.75) is 25.3 Å². The van der Waals surface area contributed by atoms with Crippen LogP contribution in [0.15, 0.2) is 42.5 Å². The van der Waals surface area contributed by atoms with Crippen molar-refractivity contribution in [1.82, 2.24) is 15.3 Å². The van der Waals surface area contributed by atoms with E-state index in [1.54, 1.807) is 6.07 Å². The Morgan fingerprint density at radius 1 is 1.12 bits per heavy atom. The third-order valence-electron chi connectivity index (χ3n) is 4.67. The largest absolute Gasteiger partial charge is 0.366 e. The third kappa shape index (κ3) is 2.67. The van der Waals surface area contributed by atoms with Crippen molar-refractivity contribution >= 4 is 16.9 Å². The molecule has 4 rings (SSSR count). The molecule has 1 atom stereocenters. The van der Waals surface area contributed by atoms with Crippen molar-refractivity contribution in [3.8, 4) is 11.4 Å². The monoisotopic (exact) mass is 320 g/mol. The molecule has 3 aromatic rings. The molecule has 1 aromatic heterocycles. The number of hydrogen-bond donors (Lipinski definition) is 3. The average molecular weight is 320 g/mol. The predicted molar refractivity (Wildman–Crippen MR) is 94.6 cm³/mol. The number of imidazole rings is 1. The molecule has 5 nitrogen and oxygen atoms in total. The first-order valence-corrected chi connectivity index (χ1v) is 8.34. The van der Waals surface area contributed by atoms with Crippen molar-refractivity contribution in [2.24, 2.45) is 5.73 Å². The number of carbonyl (C=O) groups excluding carboxylic acids is 1. The number of nitrogens with two attached hydrogens (primary N) is 1. The number of rotatable bonds is 3. The number of primary amides is 1. The highest BCUT2D eigenvalue weighted by atomic mass is 16.1. The van der Waals surface area contributed by atoms with E-state index in [1.807, 2.05) is 12.1 Å². The maximum absolute atomic E-state index is 11.5. The standard InChI is InChI=1S/C19H20N4O/c20-18(24)14-4-3-6-16-17(14)23-19(22-16)13-9-7-12(8-10-13)15-5-1-2-11-21-15/h3-4,6-10,15,21H,1-2,5,11H2,(H2,20,24)(H,22,23). The van der Waals surface area contributed by atoms with E-state index in [-0.39, 0.29) is 0 Å². The van der Waals surface area contributed by atoms with Gasteiger partial charge in [-0.15, -0.1) is 0 Å². The van der Waals surface area contributed by atoms with Crippen LogP contribution in [0.5, 0.6) is 0 Å². The number of fused-ring (bicyclic) bond motifs is 1. The number of carbonyl (C=O) groups is 1. The van der Waals surface area contributed by atoms with Crippen LogP contribution in [0.25, 0.3) is 22.4 Å². The zero-order valence-electron chi connectivity index (χ0n) is 13.4. The van der Waals surface area contributed by atoms with E-state index >= 15 is 0 Å². The zero-order chi connectivity index (χ0) is 16.5. The molecule has 4 N–H and O–H groups in total. The Morgan fingerprint density at radius 3 is 2.67 bits per heavy atom. The van der Waals surface area contributed by atoms with Gasteiger partial charge in [0, 0.05) is 11.6 Å². The molecule has 122 valence electrons. The maximum atomic E-state index is 11.5. The van der Waals surface area contributed by atoms with Crippen molar-refractivity contribution in [1.29, 1.82) is 0 Å². The molecule has 1 aliphatic rings. The summed E-state index contributed by atoms with van der Waals surface area (Å²) in [5, 5.41) is 3.56. The third-order valence-corrected chi connectivity index (χ3v) is 4.67. The van der Waals surface area contributed by atoms with Crippen LogP contribution in [-0.4, -0.2) is 22.4 Å². The fourth-order valence-corrected chi connectivity index (χ4v) is 3.38. The molecule has 1 aliphatic heterocycles. The van der Waals surface area contributed by atoms with Crippen molar-refractivity contribution in [3.63, 3.8) is 0 Å². The van der Waals surface area contributed by atoms with Crippen LogP contribution in [0.4, 0.5) is 0 Å². The molecule has 1 saturated heterocycles. The second-order valence-corrected chi connectivity index (χ2v) is 6.28. The first kappa shape index (κ1) is 14.9. The molecule has 2 heterocycles. The quantitative estimate of drug-likeness (QED) is 0.693. The van der Waals surface area contributed by atoms with Gasteiger partial charge in [0.05, 0.1) is 11.1 Å². The van der Waals surface area contributed by atoms with E-state index in [9.17, 15) is 4.79 Å². The molecule has 24 heavy (non-hydrogen) atoms. The van der Waals surface area contributed by atoms with Crippen LogP contribution < -0.4 is 11.1 Å². The van der Waals surface area contributed by atoms with Gasteiger partial charge in [-0.3, -0.25) is 4.79 Å². The number of amides is 1. The molecule has 2 aromatic carbocycles. The van der Waals surface area contributed by atoms with Gasteiger partial charge in [0.25, 0.3) is 5.91 Å². The Balaban J connectivity index is 1.67. The summed E-state index contributed by atoms with van der Waals surface area (Å²) in [7, 11) is 0. The van der Waals surface area contributed by atoms with Crippen molar-refractivity contribution < 1.29 is 4.79 Å². The highest BCUT2D eigenvalue weighted by Gasteiger charge is 2.15. The van der Waals surface area contributed by atoms with Crippen LogP contribution in [0.3, 0.4) is 0 Å². The van der Waals surface area contributed by atoms with Crippen molar-refractivity contribution in [3.05, 3.63) is 53.6 Å². The van der Waals surface area contributed by atoms with Gasteiger partial charge in [-0.05, 0) is 37.1 Å². The summed E-state index contributed by atoms with van der Waals surface area (Å²) in [6, 6.07) is 14.3. The van der Waals surface area contributed by atoms with Crippen LogP contribution in [0, 0.1) is 0 Å². The Labute approximate surface area is 140 Å². The van der Waals surface area contributed by atoms with Gasteiger partial charge >= 0.3 is 0 Å². The molecule has 1 unspecified atom stereocenters. The Kier molecular flexibility index (Phi) is 3.78. The van der Waals surface area contributed by atoms with Crippen LogP contribution in [0.1, 0.15) is 41.2 Å².